The van der Waals surface area contributed by atoms with Gasteiger partial charge < -0.3 is 19.4 Å². The van der Waals surface area contributed by atoms with Gasteiger partial charge in [-0.25, -0.2) is 23.1 Å². The van der Waals surface area contributed by atoms with Crippen molar-refractivity contribution in [3.8, 4) is 17.1 Å². The normalized spacial score (nSPS) is 17.2. The lowest BCUT2D eigenvalue weighted by atomic mass is 10.2. The van der Waals surface area contributed by atoms with Crippen LogP contribution in [-0.4, -0.2) is 65.9 Å². The van der Waals surface area contributed by atoms with Gasteiger partial charge in [0, 0.05) is 65.8 Å². The fourth-order valence-electron chi connectivity index (χ4n) is 5.04. The average Bonchev–Trinajstić information content (AvgIpc) is 3.62. The van der Waals surface area contributed by atoms with Crippen molar-refractivity contribution in [2.24, 2.45) is 0 Å². The van der Waals surface area contributed by atoms with E-state index < -0.39 is 21.3 Å². The Balaban J connectivity index is 1.46. The first-order chi connectivity index (χ1) is 18.6. The molecule has 3 N–H and O–H groups in total. The summed E-state index contributed by atoms with van der Waals surface area (Å²) >= 11 is 1.27. The predicted molar refractivity (Wildman–Crippen MR) is 155 cm³/mol. The fraction of sp³-hybridized carbons (Fsp3) is 0.360. The summed E-state index contributed by atoms with van der Waals surface area (Å²) in [7, 11) is -3.23. The summed E-state index contributed by atoms with van der Waals surface area (Å²) in [6.07, 6.45) is 2.40. The maximum absolute atomic E-state index is 12.3. The van der Waals surface area contributed by atoms with Crippen molar-refractivity contribution in [2.75, 3.05) is 24.2 Å². The van der Waals surface area contributed by atoms with Gasteiger partial charge in [-0.15, -0.1) is 0 Å². The van der Waals surface area contributed by atoms with Crippen molar-refractivity contribution in [1.29, 1.82) is 0 Å². The second-order valence-corrected chi connectivity index (χ2v) is 13.4. The Morgan fingerprint density at radius 2 is 2.08 bits per heavy atom. The maximum Gasteiger partial charge on any atom is 0.213 e. The molecule has 0 saturated carbocycles. The highest BCUT2D eigenvalue weighted by Gasteiger charge is 2.31. The van der Waals surface area contributed by atoms with Gasteiger partial charge in [0.15, 0.2) is 5.65 Å². The van der Waals surface area contributed by atoms with Crippen LogP contribution >= 0.6 is 15.9 Å². The topological polar surface area (TPSA) is 148 Å². The highest BCUT2D eigenvalue weighted by molar-refractivity contribution is 9.10. The fourth-order valence-corrected chi connectivity index (χ4v) is 6.89. The molecule has 3 aromatic heterocycles. The van der Waals surface area contributed by atoms with Crippen LogP contribution in [0, 0.1) is 13.8 Å². The van der Waals surface area contributed by atoms with E-state index in [2.05, 4.69) is 46.6 Å². The zero-order valence-corrected chi connectivity index (χ0v) is 24.9. The molecule has 0 amide bonds. The Morgan fingerprint density at radius 3 is 2.82 bits per heavy atom. The number of aromatic nitrogens is 4. The summed E-state index contributed by atoms with van der Waals surface area (Å²) in [6.45, 7) is 6.79. The van der Waals surface area contributed by atoms with Crippen molar-refractivity contribution < 1.29 is 17.2 Å². The van der Waals surface area contributed by atoms with E-state index in [0.29, 0.717) is 31.0 Å². The van der Waals surface area contributed by atoms with Crippen LogP contribution in [0.2, 0.25) is 0 Å². The molecule has 1 unspecified atom stereocenters. The Hall–Kier alpha value is -2.62. The van der Waals surface area contributed by atoms with Crippen LogP contribution in [0.3, 0.4) is 0 Å². The smallest absolute Gasteiger partial charge is 0.213 e. The van der Waals surface area contributed by atoms with Gasteiger partial charge in [0.05, 0.1) is 15.9 Å². The first-order valence-corrected chi connectivity index (χ1v) is 15.9. The third kappa shape index (κ3) is 5.67. The van der Waals surface area contributed by atoms with Crippen LogP contribution < -0.4 is 10.0 Å². The lowest BCUT2D eigenvalue weighted by Gasteiger charge is -2.17. The van der Waals surface area contributed by atoms with Crippen LogP contribution in [0.1, 0.15) is 30.3 Å². The second kappa shape index (κ2) is 11.1. The van der Waals surface area contributed by atoms with E-state index in [0.717, 1.165) is 43.9 Å². The minimum atomic E-state index is -3.23. The first kappa shape index (κ1) is 27.9. The third-order valence-corrected chi connectivity index (χ3v) is 9.81. The number of hydrogen-bond acceptors (Lipinski definition) is 7. The summed E-state index contributed by atoms with van der Waals surface area (Å²) in [5.41, 5.74) is 6.72. The molecule has 4 aromatic rings. The van der Waals surface area contributed by atoms with Crippen molar-refractivity contribution in [1.82, 2.24) is 28.5 Å². The van der Waals surface area contributed by atoms with Gasteiger partial charge in [-0.2, -0.15) is 4.31 Å². The number of imidazole rings is 1. The van der Waals surface area contributed by atoms with E-state index in [1.165, 1.54) is 4.31 Å². The molecule has 0 aliphatic carbocycles. The molecule has 14 heteroatoms. The van der Waals surface area contributed by atoms with Gasteiger partial charge in [0.1, 0.15) is 11.3 Å². The van der Waals surface area contributed by atoms with Gasteiger partial charge in [0.25, 0.3) is 0 Å². The lowest BCUT2D eigenvalue weighted by Crippen LogP contribution is -2.32. The van der Waals surface area contributed by atoms with E-state index in [9.17, 15) is 17.2 Å². The molecular formula is C25H29BrN7O4S2-. The third-order valence-electron chi connectivity index (χ3n) is 6.98. The molecule has 39 heavy (non-hydrogen) atoms. The van der Waals surface area contributed by atoms with Crippen LogP contribution in [0.5, 0.6) is 0 Å². The average molecular weight is 636 g/mol. The number of sulfonamides is 1. The number of benzene rings is 1. The highest BCUT2D eigenvalue weighted by Crippen LogP contribution is 2.34. The summed E-state index contributed by atoms with van der Waals surface area (Å²) in [4.78, 5) is 12.7. The zero-order chi connectivity index (χ0) is 27.9. The van der Waals surface area contributed by atoms with Crippen LogP contribution in [0.4, 0.5) is 5.69 Å². The number of aromatic amines is 1. The molecule has 1 aromatic carbocycles. The van der Waals surface area contributed by atoms with Crippen molar-refractivity contribution in [3.63, 3.8) is 0 Å². The van der Waals surface area contributed by atoms with Crippen molar-refractivity contribution in [2.45, 2.75) is 39.8 Å². The van der Waals surface area contributed by atoms with Gasteiger partial charge in [-0.3, -0.25) is 4.21 Å². The zero-order valence-electron chi connectivity index (χ0n) is 21.7. The summed E-state index contributed by atoms with van der Waals surface area (Å²) < 4.78 is 53.3. The number of halogens is 1. The number of H-pyrrole nitrogens is 1. The van der Waals surface area contributed by atoms with Gasteiger partial charge in [0.2, 0.25) is 10.0 Å². The molecule has 1 aliphatic heterocycles. The van der Waals surface area contributed by atoms with E-state index in [1.807, 2.05) is 38.1 Å². The minimum absolute atomic E-state index is 0.0363. The van der Waals surface area contributed by atoms with Crippen LogP contribution in [0.25, 0.3) is 28.2 Å². The molecular weight excluding hydrogens is 606 g/mol. The van der Waals surface area contributed by atoms with Crippen LogP contribution in [0.15, 0.2) is 41.0 Å². The minimum Gasteiger partial charge on any atom is -0.760 e. The predicted octanol–water partition coefficient (Wildman–Crippen LogP) is 3.51. The molecule has 1 saturated heterocycles. The number of nitrogens with zero attached hydrogens (tertiary/aromatic N) is 4. The molecule has 1 aliphatic rings. The number of hydrogen-bond donors (Lipinski definition) is 3. The molecule has 0 bridgehead atoms. The number of fused-ring (bicyclic) bond motifs is 1. The van der Waals surface area contributed by atoms with Gasteiger partial charge in [-0.05, 0) is 66.9 Å². The summed E-state index contributed by atoms with van der Waals surface area (Å²) in [6, 6.07) is 9.71. The largest absolute Gasteiger partial charge is 0.760 e. The quantitative estimate of drug-likeness (QED) is 0.239. The Bertz CT molecular complexity index is 1670. The summed E-state index contributed by atoms with van der Waals surface area (Å²) in [5.74, 6) is 0.757. The molecule has 5 rings (SSSR count). The monoisotopic (exact) mass is 634 g/mol. The highest BCUT2D eigenvalue weighted by atomic mass is 79.9. The van der Waals surface area contributed by atoms with E-state index in [-0.39, 0.29) is 18.3 Å². The second-order valence-electron chi connectivity index (χ2n) is 9.50. The molecule has 0 spiro atoms. The molecule has 1 fully saturated rings. The first-order valence-electron chi connectivity index (χ1n) is 12.5. The Morgan fingerprint density at radius 1 is 1.28 bits per heavy atom. The number of rotatable bonds is 9. The van der Waals surface area contributed by atoms with Crippen molar-refractivity contribution in [3.05, 3.63) is 58.0 Å². The molecule has 0 radical (unpaired) electrons. The molecule has 208 valence electrons. The van der Waals surface area contributed by atoms with E-state index in [1.54, 1.807) is 13.1 Å². The molecule has 2 atom stereocenters. The lowest BCUT2D eigenvalue weighted by molar-refractivity contribution is 0.475. The Kier molecular flexibility index (Phi) is 7.95. The number of anilines is 1. The van der Waals surface area contributed by atoms with Crippen LogP contribution in [-0.2, 0) is 27.8 Å². The van der Waals surface area contributed by atoms with E-state index >= 15 is 0 Å². The van der Waals surface area contributed by atoms with Crippen molar-refractivity contribution >= 4 is 54.1 Å². The van der Waals surface area contributed by atoms with Gasteiger partial charge >= 0.3 is 0 Å². The number of aryl methyl sites for hydroxylation is 1. The number of pyridine rings is 1. The van der Waals surface area contributed by atoms with E-state index in [4.69, 9.17) is 4.98 Å². The molecule has 11 nitrogen and oxygen atoms in total. The standard InChI is InChI=1S/C25H30BrN7O4S2/c1-4-39(36,37)32-9-8-18(14-32)29-22-21(26)13-27-25-23(22)30-24(31-25)20-10-15(2)33(16(20)3)19-7-5-6-17(11-19)12-28-38(34)35/h5-7,10-11,13,18,28H,4,8-9,12,14H2,1-3H3,(H,34,35)(H2,27,29,30,31)/p-1/t18-/m0/s1. The van der Waals surface area contributed by atoms with Gasteiger partial charge in [-0.1, -0.05) is 12.1 Å². The summed E-state index contributed by atoms with van der Waals surface area (Å²) in [5, 5.41) is 3.51. The number of nitrogens with one attached hydrogen (secondary N) is 3. The molecule has 4 heterocycles. The maximum atomic E-state index is 12.3. The Labute approximate surface area is 238 Å². The SMILES string of the molecule is CCS(=O)(=O)N1CC[C@H](Nc2c(Br)cnc3nc(-c4cc(C)n(-c5cccc(CNS(=O)[O-])c5)c4C)[nH]c23)C1.